The molecule has 0 aliphatic carbocycles. The average molecular weight is 570 g/mol. The predicted octanol–water partition coefficient (Wildman–Crippen LogP) is 6.37. The Morgan fingerprint density at radius 3 is 1.68 bits per heavy atom. The summed E-state index contributed by atoms with van der Waals surface area (Å²) < 4.78 is 1.21. The van der Waals surface area contributed by atoms with Crippen molar-refractivity contribution in [3.8, 4) is 0 Å². The van der Waals surface area contributed by atoms with E-state index in [9.17, 15) is 9.90 Å². The standard InChI is InChI=1S/C33H39N3O2SSi/c1-31(2,3)36-29(38)33(40(5)6,28(37)27-22-35(4)23-34-27)30(36)39-32(24-16-10-7-11-17-24,25-18-12-8-13-19-25)26-20-14-9-15-21-26/h7-23,28,30,37,40H,1-6H3. The number of carbonyl (C=O) groups is 1. The van der Waals surface area contributed by atoms with Gasteiger partial charge in [-0.15, -0.1) is 11.8 Å². The van der Waals surface area contributed by atoms with Crippen LogP contribution < -0.4 is 0 Å². The van der Waals surface area contributed by atoms with E-state index in [0.29, 0.717) is 5.69 Å². The summed E-state index contributed by atoms with van der Waals surface area (Å²) in [6.45, 7) is 10.6. The number of carbonyl (C=O) groups excluding carboxylic acids is 1. The first-order valence-corrected chi connectivity index (χ1v) is 17.6. The second-order valence-electron chi connectivity index (χ2n) is 12.0. The zero-order valence-electron chi connectivity index (χ0n) is 24.2. The van der Waals surface area contributed by atoms with Gasteiger partial charge in [0.15, 0.2) is 0 Å². The molecular formula is C33H39N3O2SSi. The number of aliphatic hydroxyl groups excluding tert-OH is 1. The molecular weight excluding hydrogens is 531 g/mol. The van der Waals surface area contributed by atoms with Crippen LogP contribution in [0.15, 0.2) is 104 Å². The molecule has 3 atom stereocenters. The minimum absolute atomic E-state index is 0.0282. The number of hydrogen-bond acceptors (Lipinski definition) is 4. The summed E-state index contributed by atoms with van der Waals surface area (Å²) in [4.78, 5) is 21.0. The Morgan fingerprint density at radius 2 is 1.32 bits per heavy atom. The number of benzene rings is 3. The number of aliphatic hydroxyl groups is 1. The first-order valence-electron chi connectivity index (χ1n) is 13.9. The molecule has 40 heavy (non-hydrogen) atoms. The molecule has 1 amide bonds. The van der Waals surface area contributed by atoms with Crippen LogP contribution in [-0.4, -0.2) is 45.2 Å². The highest BCUT2D eigenvalue weighted by molar-refractivity contribution is 8.01. The third-order valence-corrected chi connectivity index (χ3v) is 13.1. The van der Waals surface area contributed by atoms with Crippen molar-refractivity contribution >= 4 is 26.5 Å². The van der Waals surface area contributed by atoms with Gasteiger partial charge in [0, 0.05) is 18.8 Å². The summed E-state index contributed by atoms with van der Waals surface area (Å²) in [7, 11) is 0.0524. The molecule has 0 radical (unpaired) electrons. The molecule has 1 fully saturated rings. The number of aromatic nitrogens is 2. The average Bonchev–Trinajstić information content (AvgIpc) is 3.38. The number of β-lactam (4-membered cyclic amide) rings is 1. The third kappa shape index (κ3) is 4.44. The molecule has 3 aromatic carbocycles. The van der Waals surface area contributed by atoms with E-state index >= 15 is 0 Å². The molecule has 0 saturated carbocycles. The lowest BCUT2D eigenvalue weighted by atomic mass is 9.83. The van der Waals surface area contributed by atoms with E-state index in [4.69, 9.17) is 0 Å². The molecule has 1 aromatic heterocycles. The van der Waals surface area contributed by atoms with Gasteiger partial charge in [-0.2, -0.15) is 0 Å². The lowest BCUT2D eigenvalue weighted by molar-refractivity contribution is -0.164. The van der Waals surface area contributed by atoms with Crippen molar-refractivity contribution in [3.05, 3.63) is 126 Å². The summed E-state index contributed by atoms with van der Waals surface area (Å²) in [5.41, 5.74) is 3.54. The highest BCUT2D eigenvalue weighted by Crippen LogP contribution is 2.66. The van der Waals surface area contributed by atoms with Gasteiger partial charge in [0.05, 0.1) is 36.0 Å². The van der Waals surface area contributed by atoms with Gasteiger partial charge in [0.1, 0.15) is 6.10 Å². The fourth-order valence-electron chi connectivity index (χ4n) is 6.18. The summed E-state index contributed by atoms with van der Waals surface area (Å²) in [5.74, 6) is 0.0282. The third-order valence-electron chi connectivity index (χ3n) is 8.20. The maximum absolute atomic E-state index is 14.5. The highest BCUT2D eigenvalue weighted by Gasteiger charge is 2.70. The number of rotatable bonds is 8. The van der Waals surface area contributed by atoms with Crippen LogP contribution in [0.1, 0.15) is 49.3 Å². The second-order valence-corrected chi connectivity index (χ2v) is 16.6. The first-order chi connectivity index (χ1) is 19.0. The number of likely N-dealkylation sites (tertiary alicyclic amines) is 1. The van der Waals surface area contributed by atoms with E-state index in [1.54, 1.807) is 18.1 Å². The molecule has 5 rings (SSSR count). The fraction of sp³-hybridized carbons (Fsp3) is 0.333. The van der Waals surface area contributed by atoms with Gasteiger partial charge in [-0.1, -0.05) is 104 Å². The van der Waals surface area contributed by atoms with Gasteiger partial charge in [-0.3, -0.25) is 4.79 Å². The molecule has 0 spiro atoms. The van der Waals surface area contributed by atoms with Crippen LogP contribution in [-0.2, 0) is 16.6 Å². The maximum atomic E-state index is 14.5. The van der Waals surface area contributed by atoms with Gasteiger partial charge in [-0.05, 0) is 37.5 Å². The number of amides is 1. The van der Waals surface area contributed by atoms with Crippen molar-refractivity contribution < 1.29 is 9.90 Å². The Hall–Kier alpha value is -3.13. The molecule has 7 heteroatoms. The molecule has 208 valence electrons. The Kier molecular flexibility index (Phi) is 7.59. The smallest absolute Gasteiger partial charge is 0.232 e. The van der Waals surface area contributed by atoms with E-state index in [1.807, 2.05) is 40.9 Å². The normalized spacial score (nSPS) is 20.4. The Bertz CT molecular complexity index is 1360. The van der Waals surface area contributed by atoms with E-state index in [-0.39, 0.29) is 11.3 Å². The lowest BCUT2D eigenvalue weighted by Crippen LogP contribution is -2.74. The molecule has 2 heterocycles. The SMILES string of the molecule is Cn1cnc(C(O)C2([SiH](C)C)C(=O)N(C(C)(C)C)C2SC(c2ccccc2)(c2ccccc2)c2ccccc2)c1. The Balaban J connectivity index is 1.79. The molecule has 3 unspecified atom stereocenters. The summed E-state index contributed by atoms with van der Waals surface area (Å²) in [5, 5.41) is 10.9. The maximum Gasteiger partial charge on any atom is 0.232 e. The van der Waals surface area contributed by atoms with Crippen LogP contribution in [0.2, 0.25) is 18.1 Å². The van der Waals surface area contributed by atoms with Crippen LogP contribution in [0.5, 0.6) is 0 Å². The number of hydrogen-bond donors (Lipinski definition) is 1. The number of aryl methyl sites for hydroxylation is 1. The molecule has 1 saturated heterocycles. The van der Waals surface area contributed by atoms with Crippen LogP contribution in [0.4, 0.5) is 0 Å². The van der Waals surface area contributed by atoms with Crippen molar-refractivity contribution in [3.63, 3.8) is 0 Å². The van der Waals surface area contributed by atoms with Crippen LogP contribution in [0.3, 0.4) is 0 Å². The molecule has 4 aromatic rings. The van der Waals surface area contributed by atoms with Gasteiger partial charge < -0.3 is 14.6 Å². The predicted molar refractivity (Wildman–Crippen MR) is 167 cm³/mol. The van der Waals surface area contributed by atoms with E-state index in [2.05, 4.69) is 112 Å². The minimum atomic E-state index is -1.84. The minimum Gasteiger partial charge on any atom is -0.386 e. The quantitative estimate of drug-likeness (QED) is 0.152. The van der Waals surface area contributed by atoms with E-state index in [1.165, 1.54) is 0 Å². The van der Waals surface area contributed by atoms with Crippen LogP contribution in [0, 0.1) is 0 Å². The van der Waals surface area contributed by atoms with Gasteiger partial charge >= 0.3 is 0 Å². The van der Waals surface area contributed by atoms with Crippen LogP contribution >= 0.6 is 11.8 Å². The molecule has 1 aliphatic heterocycles. The van der Waals surface area contributed by atoms with Gasteiger partial charge in [0.25, 0.3) is 0 Å². The second kappa shape index (κ2) is 10.7. The Morgan fingerprint density at radius 1 is 0.875 bits per heavy atom. The van der Waals surface area contributed by atoms with Crippen molar-refractivity contribution in [2.24, 2.45) is 7.05 Å². The van der Waals surface area contributed by atoms with Crippen molar-refractivity contribution in [1.82, 2.24) is 14.5 Å². The number of imidazole rings is 1. The topological polar surface area (TPSA) is 58.4 Å². The summed E-state index contributed by atoms with van der Waals surface area (Å²) in [6.07, 6.45) is 2.55. The number of thioether (sulfide) groups is 1. The van der Waals surface area contributed by atoms with Gasteiger partial charge in [0.2, 0.25) is 5.91 Å². The summed E-state index contributed by atoms with van der Waals surface area (Å²) >= 11 is 1.79. The first kappa shape index (κ1) is 28.4. The van der Waals surface area contributed by atoms with E-state index in [0.717, 1.165) is 16.7 Å². The van der Waals surface area contributed by atoms with Crippen molar-refractivity contribution in [1.29, 1.82) is 0 Å². The molecule has 0 bridgehead atoms. The zero-order valence-corrected chi connectivity index (χ0v) is 26.1. The fourth-order valence-corrected chi connectivity index (χ4v) is 11.5. The molecule has 1 aliphatic rings. The highest BCUT2D eigenvalue weighted by atomic mass is 32.2. The van der Waals surface area contributed by atoms with Crippen LogP contribution in [0.25, 0.3) is 0 Å². The van der Waals surface area contributed by atoms with Gasteiger partial charge in [-0.25, -0.2) is 4.98 Å². The van der Waals surface area contributed by atoms with Crippen molar-refractivity contribution in [2.75, 3.05) is 0 Å². The molecule has 5 nitrogen and oxygen atoms in total. The number of nitrogens with zero attached hydrogens (tertiary/aromatic N) is 3. The molecule has 1 N–H and O–H groups in total. The van der Waals surface area contributed by atoms with Crippen molar-refractivity contribution in [2.45, 2.75) is 60.7 Å². The zero-order chi connectivity index (χ0) is 28.7. The largest absolute Gasteiger partial charge is 0.386 e. The summed E-state index contributed by atoms with van der Waals surface area (Å²) in [6, 6.07) is 31.7. The van der Waals surface area contributed by atoms with E-state index < -0.39 is 30.2 Å². The monoisotopic (exact) mass is 569 g/mol. The lowest BCUT2D eigenvalue weighted by Gasteiger charge is -2.64. The Labute approximate surface area is 243 Å².